The molecule has 0 N–H and O–H groups in total. The monoisotopic (exact) mass is 677 g/mol. The number of fused-ring (bicyclic) bond motifs is 4. The molecule has 0 radical (unpaired) electrons. The first kappa shape index (κ1) is 36.3. The van der Waals surface area contributed by atoms with Crippen LogP contribution in [-0.4, -0.2) is 13.3 Å². The van der Waals surface area contributed by atoms with Gasteiger partial charge in [0.2, 0.25) is 0 Å². The Balaban J connectivity index is 0.000000223. The maximum absolute atomic E-state index is 4.09. The van der Waals surface area contributed by atoms with Crippen molar-refractivity contribution in [2.75, 3.05) is 6.54 Å². The van der Waals surface area contributed by atoms with Gasteiger partial charge in [0.15, 0.2) is 0 Å². The minimum absolute atomic E-state index is 0.509. The summed E-state index contributed by atoms with van der Waals surface area (Å²) in [6, 6.07) is 40.0. The Morgan fingerprint density at radius 3 is 2.10 bits per heavy atom. The van der Waals surface area contributed by atoms with Crippen molar-refractivity contribution in [3.8, 4) is 33.4 Å². The fraction of sp³-hybridized carbons (Fsp3) is 0.196. The van der Waals surface area contributed by atoms with Crippen LogP contribution in [0.4, 0.5) is 0 Å². The first-order chi connectivity index (χ1) is 25.4. The molecule has 52 heavy (non-hydrogen) atoms. The standard InChI is InChI=1S/C35H32.C8H11N.C8H8/c1-5-23-9-7-10-25(17-23)26-13-15-33-30(19-26)21-28-11-8-12-31(35(28)33)27-14-16-32-29(20-27)18-24(6-2)34(32)22(3)4;1-9-7-8-5-3-2-4-6-8;1-2-8-6-4-3-5-7-8/h6-17,19-20,22H,2,5,18,21H2,1,3-4H3;3,5-6H,1-2,4,7H2;2-7H,1H2. The van der Waals surface area contributed by atoms with Crippen LogP contribution < -0.4 is 0 Å². The molecule has 0 spiro atoms. The number of hydrogen-bond donors (Lipinski definition) is 0. The Labute approximate surface area is 312 Å². The zero-order valence-corrected chi connectivity index (χ0v) is 31.2. The average Bonchev–Trinajstić information content (AvgIpc) is 3.77. The molecule has 1 nitrogen and oxygen atoms in total. The number of aryl methyl sites for hydroxylation is 1. The summed E-state index contributed by atoms with van der Waals surface area (Å²) >= 11 is 0. The van der Waals surface area contributed by atoms with Crippen LogP contribution in [0.1, 0.15) is 67.0 Å². The summed E-state index contributed by atoms with van der Waals surface area (Å²) in [6.45, 7) is 18.7. The second kappa shape index (κ2) is 17.1. The van der Waals surface area contributed by atoms with Gasteiger partial charge in [0.1, 0.15) is 0 Å². The van der Waals surface area contributed by atoms with Gasteiger partial charge in [-0.05, 0) is 128 Å². The van der Waals surface area contributed by atoms with Crippen molar-refractivity contribution in [3.05, 3.63) is 191 Å². The molecule has 0 amide bonds. The third-order valence-corrected chi connectivity index (χ3v) is 10.2. The molecule has 1 heteroatoms. The molecule has 3 aliphatic carbocycles. The molecular weight excluding hydrogens is 627 g/mol. The van der Waals surface area contributed by atoms with Crippen LogP contribution in [0.5, 0.6) is 0 Å². The van der Waals surface area contributed by atoms with Gasteiger partial charge in [-0.3, -0.25) is 4.99 Å². The Kier molecular flexibility index (Phi) is 11.9. The Morgan fingerprint density at radius 2 is 1.40 bits per heavy atom. The average molecular weight is 678 g/mol. The lowest BCUT2D eigenvalue weighted by atomic mass is 9.90. The van der Waals surface area contributed by atoms with Crippen molar-refractivity contribution in [1.29, 1.82) is 0 Å². The van der Waals surface area contributed by atoms with Gasteiger partial charge in [-0.15, -0.1) is 0 Å². The molecule has 0 saturated heterocycles. The minimum atomic E-state index is 0.509. The molecule has 5 aromatic rings. The van der Waals surface area contributed by atoms with E-state index in [1.54, 1.807) is 0 Å². The van der Waals surface area contributed by atoms with E-state index in [1.165, 1.54) is 96.3 Å². The number of rotatable bonds is 8. The van der Waals surface area contributed by atoms with Crippen LogP contribution in [0.25, 0.3) is 45.0 Å². The zero-order valence-electron chi connectivity index (χ0n) is 31.2. The molecule has 0 bridgehead atoms. The van der Waals surface area contributed by atoms with Crippen molar-refractivity contribution in [3.63, 3.8) is 0 Å². The Morgan fingerprint density at radius 1 is 0.673 bits per heavy atom. The number of hydrogen-bond acceptors (Lipinski definition) is 1. The first-order valence-electron chi connectivity index (χ1n) is 18.7. The van der Waals surface area contributed by atoms with E-state index in [4.69, 9.17) is 0 Å². The second-order valence-corrected chi connectivity index (χ2v) is 14.0. The molecule has 0 saturated carbocycles. The largest absolute Gasteiger partial charge is 0.296 e. The molecule has 0 aliphatic heterocycles. The van der Waals surface area contributed by atoms with Gasteiger partial charge in [-0.1, -0.05) is 174 Å². The molecular formula is C51H51N. The summed E-state index contributed by atoms with van der Waals surface area (Å²) in [7, 11) is 0. The topological polar surface area (TPSA) is 12.4 Å². The molecule has 0 atom stereocenters. The third-order valence-electron chi connectivity index (χ3n) is 10.2. The Bertz CT molecular complexity index is 2170. The fourth-order valence-electron chi connectivity index (χ4n) is 7.66. The molecule has 0 heterocycles. The van der Waals surface area contributed by atoms with Crippen molar-refractivity contribution in [1.82, 2.24) is 0 Å². The van der Waals surface area contributed by atoms with E-state index in [1.807, 2.05) is 36.4 Å². The van der Waals surface area contributed by atoms with E-state index in [2.05, 4.69) is 149 Å². The summed E-state index contributed by atoms with van der Waals surface area (Å²) in [6.07, 6.45) is 15.8. The van der Waals surface area contributed by atoms with E-state index in [9.17, 15) is 0 Å². The molecule has 260 valence electrons. The van der Waals surface area contributed by atoms with Crippen LogP contribution in [-0.2, 0) is 19.3 Å². The molecule has 5 aromatic carbocycles. The number of aliphatic imine (C=N–C) groups is 1. The number of allylic oxidation sites excluding steroid dienone is 5. The van der Waals surface area contributed by atoms with Gasteiger partial charge in [0.05, 0.1) is 6.54 Å². The minimum Gasteiger partial charge on any atom is -0.296 e. The highest BCUT2D eigenvalue weighted by Crippen LogP contribution is 2.46. The highest BCUT2D eigenvalue weighted by atomic mass is 14.7. The van der Waals surface area contributed by atoms with Crippen LogP contribution in [0.15, 0.2) is 163 Å². The smallest absolute Gasteiger partial charge is 0.0629 e. The van der Waals surface area contributed by atoms with E-state index in [-0.39, 0.29) is 0 Å². The van der Waals surface area contributed by atoms with Crippen LogP contribution in [0.3, 0.4) is 0 Å². The lowest BCUT2D eigenvalue weighted by molar-refractivity contribution is 0.854. The summed E-state index contributed by atoms with van der Waals surface area (Å²) in [5.74, 6) is 0.509. The van der Waals surface area contributed by atoms with Gasteiger partial charge >= 0.3 is 0 Å². The normalized spacial score (nSPS) is 13.5. The van der Waals surface area contributed by atoms with Crippen molar-refractivity contribution >= 4 is 18.4 Å². The third kappa shape index (κ3) is 8.16. The van der Waals surface area contributed by atoms with E-state index < -0.39 is 0 Å². The predicted molar refractivity (Wildman–Crippen MR) is 228 cm³/mol. The SMILES string of the molecule is C=CC1=C(C(C)C)c2ccc(-c3cccc4c3-c3ccc(-c5cccc(CC)c5)cc3C4)cc2C1.C=Cc1ccccc1.C=NCC1=CCCC=C1. The van der Waals surface area contributed by atoms with Gasteiger partial charge in [-0.25, -0.2) is 0 Å². The quantitative estimate of drug-likeness (QED) is 0.142. The summed E-state index contributed by atoms with van der Waals surface area (Å²) in [5.41, 5.74) is 20.5. The lowest BCUT2D eigenvalue weighted by Crippen LogP contribution is -1.94. The van der Waals surface area contributed by atoms with Gasteiger partial charge in [0, 0.05) is 0 Å². The van der Waals surface area contributed by atoms with Gasteiger partial charge in [-0.2, -0.15) is 0 Å². The fourth-order valence-corrected chi connectivity index (χ4v) is 7.66. The molecule has 0 aromatic heterocycles. The summed E-state index contributed by atoms with van der Waals surface area (Å²) in [5, 5.41) is 0. The first-order valence-corrected chi connectivity index (χ1v) is 18.7. The Hall–Kier alpha value is -5.53. The van der Waals surface area contributed by atoms with Crippen LogP contribution in [0.2, 0.25) is 0 Å². The van der Waals surface area contributed by atoms with E-state index in [0.29, 0.717) is 5.92 Å². The van der Waals surface area contributed by atoms with Gasteiger partial charge in [0.25, 0.3) is 0 Å². The van der Waals surface area contributed by atoms with Crippen molar-refractivity contribution in [2.45, 2.75) is 52.9 Å². The summed E-state index contributed by atoms with van der Waals surface area (Å²) in [4.78, 5) is 3.79. The predicted octanol–water partition coefficient (Wildman–Crippen LogP) is 13.6. The molecule has 3 aliphatic rings. The molecule has 0 fully saturated rings. The van der Waals surface area contributed by atoms with E-state index in [0.717, 1.165) is 25.8 Å². The van der Waals surface area contributed by atoms with Gasteiger partial charge < -0.3 is 0 Å². The van der Waals surface area contributed by atoms with Crippen LogP contribution >= 0.6 is 0 Å². The van der Waals surface area contributed by atoms with Crippen molar-refractivity contribution in [2.24, 2.45) is 10.9 Å². The molecule has 8 rings (SSSR count). The molecule has 0 unspecified atom stereocenters. The maximum atomic E-state index is 4.09. The number of benzene rings is 5. The van der Waals surface area contributed by atoms with Crippen molar-refractivity contribution < 1.29 is 0 Å². The number of nitrogens with zero attached hydrogens (tertiary/aromatic N) is 1. The van der Waals surface area contributed by atoms with E-state index >= 15 is 0 Å². The van der Waals surface area contributed by atoms with Crippen LogP contribution in [0, 0.1) is 5.92 Å². The highest BCUT2D eigenvalue weighted by Gasteiger charge is 2.25. The highest BCUT2D eigenvalue weighted by molar-refractivity contribution is 5.92. The lowest BCUT2D eigenvalue weighted by Gasteiger charge is -2.14. The zero-order chi connectivity index (χ0) is 36.5. The summed E-state index contributed by atoms with van der Waals surface area (Å²) < 4.78 is 0. The maximum Gasteiger partial charge on any atom is 0.0629 e. The second-order valence-electron chi connectivity index (χ2n) is 14.0.